The molecule has 0 aliphatic carbocycles. The third kappa shape index (κ3) is 8.40. The Morgan fingerprint density at radius 2 is 1.41 bits per heavy atom. The first-order valence-electron chi connectivity index (χ1n) is 16.2. The van der Waals surface area contributed by atoms with E-state index in [9.17, 15) is 19.5 Å². The summed E-state index contributed by atoms with van der Waals surface area (Å²) in [4.78, 5) is 41.1. The molecule has 1 saturated heterocycles. The summed E-state index contributed by atoms with van der Waals surface area (Å²) in [6.07, 6.45) is -2.28. The number of carbonyl (C=O) groups excluding carboxylic acids is 3. The maximum atomic E-state index is 14.0. The topological polar surface area (TPSA) is 148 Å². The number of hydrogen-bond donors (Lipinski definition) is 2. The van der Waals surface area contributed by atoms with Crippen molar-refractivity contribution in [3.8, 4) is 11.5 Å². The van der Waals surface area contributed by atoms with E-state index in [1.807, 2.05) is 72.8 Å². The number of carbonyl (C=O) groups is 3. The number of fused-ring (bicyclic) bond motifs is 2. The van der Waals surface area contributed by atoms with Gasteiger partial charge in [0.05, 0.1) is 18.4 Å². The van der Waals surface area contributed by atoms with Gasteiger partial charge in [-0.25, -0.2) is 4.79 Å². The lowest BCUT2D eigenvalue weighted by molar-refractivity contribution is -0.300. The molecule has 3 aromatic carbocycles. The van der Waals surface area contributed by atoms with Crippen molar-refractivity contribution in [2.45, 2.75) is 56.4 Å². The summed E-state index contributed by atoms with van der Waals surface area (Å²) >= 11 is 0. The van der Waals surface area contributed by atoms with Crippen molar-refractivity contribution in [2.24, 2.45) is 11.8 Å². The van der Waals surface area contributed by atoms with E-state index in [4.69, 9.17) is 33.2 Å². The molecule has 7 atom stereocenters. The van der Waals surface area contributed by atoms with Crippen LogP contribution in [0.1, 0.15) is 24.0 Å². The van der Waals surface area contributed by atoms with Crippen LogP contribution in [0.2, 0.25) is 0 Å². The van der Waals surface area contributed by atoms with Gasteiger partial charge in [0.15, 0.2) is 36.1 Å². The van der Waals surface area contributed by atoms with Crippen LogP contribution < -0.4 is 14.8 Å². The summed E-state index contributed by atoms with van der Waals surface area (Å²) in [5.41, 5.74) is 2.22. The Hall–Kier alpha value is -4.91. The second kappa shape index (κ2) is 16.0. The Morgan fingerprint density at radius 1 is 0.816 bits per heavy atom. The van der Waals surface area contributed by atoms with Crippen LogP contribution in [0.4, 0.5) is 10.5 Å². The highest BCUT2D eigenvalue weighted by Crippen LogP contribution is 2.35. The van der Waals surface area contributed by atoms with E-state index in [0.29, 0.717) is 42.9 Å². The number of esters is 2. The maximum absolute atomic E-state index is 14.0. The second-order valence-electron chi connectivity index (χ2n) is 12.0. The molecule has 0 unspecified atom stereocenters. The fraction of sp³-hybridized carbons (Fsp3) is 0.378. The quantitative estimate of drug-likeness (QED) is 0.197. The van der Waals surface area contributed by atoms with Crippen LogP contribution in [0.15, 0.2) is 91.0 Å². The third-order valence-corrected chi connectivity index (χ3v) is 8.69. The smallest absolute Gasteiger partial charge is 0.412 e. The fourth-order valence-electron chi connectivity index (χ4n) is 6.17. The monoisotopic (exact) mass is 673 g/mol. The van der Waals surface area contributed by atoms with Gasteiger partial charge in [0.25, 0.3) is 0 Å². The van der Waals surface area contributed by atoms with Gasteiger partial charge in [-0.1, -0.05) is 72.8 Å². The summed E-state index contributed by atoms with van der Waals surface area (Å²) in [5.74, 6) is -1.42. The molecule has 258 valence electrons. The number of ether oxygens (including phenoxy) is 7. The first-order valence-corrected chi connectivity index (χ1v) is 16.2. The molecule has 1 amide bonds. The molecule has 3 aliphatic rings. The number of amides is 1. The summed E-state index contributed by atoms with van der Waals surface area (Å²) in [5, 5.41) is 13.0. The molecule has 0 aromatic heterocycles. The van der Waals surface area contributed by atoms with E-state index >= 15 is 0 Å². The normalized spacial score (nSPS) is 26.7. The van der Waals surface area contributed by atoms with Gasteiger partial charge in [-0.15, -0.1) is 0 Å². The van der Waals surface area contributed by atoms with Gasteiger partial charge in [-0.2, -0.15) is 0 Å². The number of aliphatic hydroxyl groups is 1. The number of nitrogens with one attached hydrogen (secondary N) is 1. The lowest BCUT2D eigenvalue weighted by Gasteiger charge is -2.44. The van der Waals surface area contributed by atoms with Gasteiger partial charge in [-0.05, 0) is 48.9 Å². The molecule has 12 nitrogen and oxygen atoms in total. The molecule has 0 saturated carbocycles. The highest BCUT2D eigenvalue weighted by molar-refractivity contribution is 5.85. The zero-order chi connectivity index (χ0) is 34.2. The van der Waals surface area contributed by atoms with Crippen LogP contribution in [-0.4, -0.2) is 74.4 Å². The molecule has 1 fully saturated rings. The van der Waals surface area contributed by atoms with Crippen molar-refractivity contribution in [3.05, 3.63) is 102 Å². The molecule has 0 bridgehead atoms. The molecule has 3 heterocycles. The average Bonchev–Trinajstić information content (AvgIpc) is 3.59. The highest BCUT2D eigenvalue weighted by atomic mass is 16.7. The van der Waals surface area contributed by atoms with Crippen LogP contribution in [0, 0.1) is 11.8 Å². The Bertz CT molecular complexity index is 1620. The minimum atomic E-state index is -1.39. The third-order valence-electron chi connectivity index (χ3n) is 8.69. The number of benzene rings is 3. The first kappa shape index (κ1) is 34.0. The summed E-state index contributed by atoms with van der Waals surface area (Å²) in [6.45, 7) is -0.564. The average molecular weight is 674 g/mol. The van der Waals surface area contributed by atoms with E-state index in [1.165, 1.54) is 7.11 Å². The largest absolute Gasteiger partial charge is 0.454 e. The molecular weight excluding hydrogens is 634 g/mol. The Labute approximate surface area is 283 Å². The van der Waals surface area contributed by atoms with Crippen molar-refractivity contribution < 1.29 is 52.6 Å². The zero-order valence-electron chi connectivity index (χ0n) is 27.0. The maximum Gasteiger partial charge on any atom is 0.412 e. The fourth-order valence-corrected chi connectivity index (χ4v) is 6.17. The molecule has 6 rings (SSSR count). The van der Waals surface area contributed by atoms with E-state index in [-0.39, 0.29) is 6.79 Å². The highest BCUT2D eigenvalue weighted by Gasteiger charge is 2.53. The van der Waals surface area contributed by atoms with E-state index < -0.39 is 67.2 Å². The SMILES string of the molecule is CO[C@H]1O[C@H](CO)[C@@H](OC(=O)Nc2ccc3c(c2)OCO3)[C@@H]2OC(=O)[C@H](Cc3ccccc3)CC=CC[C@@H](Cc3ccccc3)C(=O)O[C@@H]12. The van der Waals surface area contributed by atoms with E-state index in [0.717, 1.165) is 11.1 Å². The van der Waals surface area contributed by atoms with Crippen LogP contribution in [-0.2, 0) is 46.1 Å². The molecule has 3 aliphatic heterocycles. The zero-order valence-corrected chi connectivity index (χ0v) is 27.0. The number of methoxy groups -OCH3 is 1. The van der Waals surface area contributed by atoms with Crippen molar-refractivity contribution in [2.75, 3.05) is 25.8 Å². The molecular formula is C37H39NO11. The van der Waals surface area contributed by atoms with Gasteiger partial charge in [0, 0.05) is 18.9 Å². The molecule has 0 spiro atoms. The molecule has 2 N–H and O–H groups in total. The second-order valence-corrected chi connectivity index (χ2v) is 12.0. The van der Waals surface area contributed by atoms with E-state index in [2.05, 4.69) is 5.32 Å². The van der Waals surface area contributed by atoms with Crippen molar-refractivity contribution in [1.29, 1.82) is 0 Å². The van der Waals surface area contributed by atoms with Crippen molar-refractivity contribution >= 4 is 23.7 Å². The van der Waals surface area contributed by atoms with Crippen LogP contribution in [0.5, 0.6) is 11.5 Å². The molecule has 3 aromatic rings. The van der Waals surface area contributed by atoms with Crippen LogP contribution in [0.25, 0.3) is 0 Å². The number of hydrogen-bond acceptors (Lipinski definition) is 11. The minimum absolute atomic E-state index is 0.0575. The van der Waals surface area contributed by atoms with Gasteiger partial charge in [0.1, 0.15) is 6.10 Å². The summed E-state index contributed by atoms with van der Waals surface area (Å²) < 4.78 is 40.3. The molecule has 12 heteroatoms. The van der Waals surface area contributed by atoms with Gasteiger partial charge in [0.2, 0.25) is 6.79 Å². The number of allylic oxidation sites excluding steroid dienone is 2. The predicted octanol–water partition coefficient (Wildman–Crippen LogP) is 4.59. The van der Waals surface area contributed by atoms with Crippen LogP contribution in [0.3, 0.4) is 0 Å². The predicted molar refractivity (Wildman–Crippen MR) is 175 cm³/mol. The first-order chi connectivity index (χ1) is 23.9. The molecule has 0 radical (unpaired) electrons. The molecule has 49 heavy (non-hydrogen) atoms. The number of rotatable bonds is 8. The minimum Gasteiger partial charge on any atom is -0.454 e. The summed E-state index contributed by atoms with van der Waals surface area (Å²) in [6, 6.07) is 23.9. The Balaban J connectivity index is 1.31. The van der Waals surface area contributed by atoms with Gasteiger partial charge >= 0.3 is 18.0 Å². The lowest BCUT2D eigenvalue weighted by Crippen LogP contribution is -2.63. The summed E-state index contributed by atoms with van der Waals surface area (Å²) in [7, 11) is 1.35. The number of anilines is 1. The lowest BCUT2D eigenvalue weighted by atomic mass is 9.92. The number of aliphatic hydroxyl groups excluding tert-OH is 1. The standard InChI is InChI=1S/C37H39NO11/c1-43-36-33-32(31(30(21-39)46-36)49-37(42)38-27-16-17-28-29(20-27)45-22-44-28)47-34(40)25(18-23-10-4-2-5-11-23)14-8-9-15-26(35(41)48-33)19-24-12-6-3-7-13-24/h2-13,16-17,20,25-26,30-33,36,39H,14-15,18-19,21-22H2,1H3,(H,38,42)/t25-,26-,30+,31+,32-,33+,36-/m0/s1. The Kier molecular flexibility index (Phi) is 11.1. The Morgan fingerprint density at radius 3 is 2.00 bits per heavy atom. The van der Waals surface area contributed by atoms with E-state index in [1.54, 1.807) is 18.2 Å². The van der Waals surface area contributed by atoms with Crippen molar-refractivity contribution in [1.82, 2.24) is 0 Å². The van der Waals surface area contributed by atoms with Gasteiger partial charge < -0.3 is 38.3 Å². The van der Waals surface area contributed by atoms with Gasteiger partial charge in [-0.3, -0.25) is 14.9 Å². The van der Waals surface area contributed by atoms with Crippen LogP contribution >= 0.6 is 0 Å². The van der Waals surface area contributed by atoms with Crippen molar-refractivity contribution in [3.63, 3.8) is 0 Å².